The minimum atomic E-state index is -4.07. The molecule has 0 saturated heterocycles. The molecule has 156 valence electrons. The lowest BCUT2D eigenvalue weighted by molar-refractivity contribution is -0.121. The molecule has 0 aliphatic heterocycles. The van der Waals surface area contributed by atoms with Crippen LogP contribution < -0.4 is 9.46 Å². The van der Waals surface area contributed by atoms with Crippen LogP contribution in [0, 0.1) is 20.8 Å². The van der Waals surface area contributed by atoms with Gasteiger partial charge in [-0.2, -0.15) is 0 Å². The number of aromatic nitrogens is 1. The molecule has 1 N–H and O–H groups in total. The van der Waals surface area contributed by atoms with Gasteiger partial charge in [0.05, 0.1) is 22.9 Å². The van der Waals surface area contributed by atoms with Gasteiger partial charge in [-0.25, -0.2) is 13.1 Å². The van der Waals surface area contributed by atoms with E-state index < -0.39 is 21.3 Å². The molecule has 2 aromatic carbocycles. The zero-order valence-corrected chi connectivity index (χ0v) is 18.3. The third-order valence-corrected chi connectivity index (χ3v) is 7.32. The number of sulfonamides is 1. The van der Waals surface area contributed by atoms with Gasteiger partial charge in [-0.1, -0.05) is 12.1 Å². The molecule has 7 heteroatoms. The number of fused-ring (bicyclic) bond motifs is 1. The molecule has 1 aliphatic rings. The van der Waals surface area contributed by atoms with Gasteiger partial charge in [0, 0.05) is 16.6 Å². The molecule has 1 fully saturated rings. The van der Waals surface area contributed by atoms with Crippen molar-refractivity contribution in [3.8, 4) is 5.75 Å². The Morgan fingerprint density at radius 1 is 1.07 bits per heavy atom. The van der Waals surface area contributed by atoms with Crippen molar-refractivity contribution in [3.05, 3.63) is 64.8 Å². The fraction of sp³-hybridized carbons (Fsp3) is 0.304. The van der Waals surface area contributed by atoms with Gasteiger partial charge in [0.2, 0.25) is 5.91 Å². The number of rotatable bonds is 5. The van der Waals surface area contributed by atoms with Crippen molar-refractivity contribution in [2.45, 2.75) is 43.9 Å². The van der Waals surface area contributed by atoms with Crippen LogP contribution in [0.1, 0.15) is 35.2 Å². The van der Waals surface area contributed by atoms with E-state index in [1.807, 2.05) is 32.9 Å². The van der Waals surface area contributed by atoms with Crippen LogP contribution in [0.4, 0.5) is 0 Å². The number of hydrogen-bond acceptors (Lipinski definition) is 5. The molecule has 0 unspecified atom stereocenters. The van der Waals surface area contributed by atoms with Crippen molar-refractivity contribution in [2.24, 2.45) is 0 Å². The Kier molecular flexibility index (Phi) is 4.81. The van der Waals surface area contributed by atoms with E-state index in [9.17, 15) is 13.2 Å². The molecular weight excluding hydrogens is 400 g/mol. The van der Waals surface area contributed by atoms with Crippen LogP contribution in [0.5, 0.6) is 5.75 Å². The summed E-state index contributed by atoms with van der Waals surface area (Å²) in [5.74, 6) is 0.0829. The summed E-state index contributed by atoms with van der Waals surface area (Å²) in [5.41, 5.74) is 3.22. The lowest BCUT2D eigenvalue weighted by Gasteiger charge is -2.22. The Hall–Kier alpha value is -2.93. The largest absolute Gasteiger partial charge is 0.496 e. The summed E-state index contributed by atoms with van der Waals surface area (Å²) in [5, 5.41) is 0.484. The molecule has 6 nitrogen and oxygen atoms in total. The summed E-state index contributed by atoms with van der Waals surface area (Å²) in [6.07, 6.45) is 1.15. The summed E-state index contributed by atoms with van der Waals surface area (Å²) in [6.45, 7) is 5.75. The van der Waals surface area contributed by atoms with E-state index in [-0.39, 0.29) is 4.90 Å². The van der Waals surface area contributed by atoms with Gasteiger partial charge in [-0.3, -0.25) is 9.78 Å². The lowest BCUT2D eigenvalue weighted by atomic mass is 9.88. The first-order chi connectivity index (χ1) is 14.2. The number of ether oxygens (including phenoxy) is 1. The number of aryl methyl sites for hydroxylation is 2. The van der Waals surface area contributed by atoms with Gasteiger partial charge >= 0.3 is 0 Å². The third kappa shape index (κ3) is 3.23. The second-order valence-electron chi connectivity index (χ2n) is 7.88. The fourth-order valence-corrected chi connectivity index (χ4v) is 5.28. The molecule has 0 spiro atoms. The quantitative estimate of drug-likeness (QED) is 0.675. The van der Waals surface area contributed by atoms with Gasteiger partial charge in [-0.05, 0) is 75.1 Å². The highest BCUT2D eigenvalue weighted by atomic mass is 32.2. The number of nitrogens with zero attached hydrogens (tertiary/aromatic N) is 1. The molecule has 1 saturated carbocycles. The van der Waals surface area contributed by atoms with Crippen LogP contribution in [0.3, 0.4) is 0 Å². The first kappa shape index (κ1) is 20.3. The Morgan fingerprint density at radius 3 is 2.47 bits per heavy atom. The van der Waals surface area contributed by atoms with E-state index in [2.05, 4.69) is 9.71 Å². The van der Waals surface area contributed by atoms with E-state index in [4.69, 9.17) is 4.74 Å². The van der Waals surface area contributed by atoms with E-state index >= 15 is 0 Å². The summed E-state index contributed by atoms with van der Waals surface area (Å²) >= 11 is 0. The van der Waals surface area contributed by atoms with Crippen LogP contribution in [0.2, 0.25) is 0 Å². The summed E-state index contributed by atoms with van der Waals surface area (Å²) in [7, 11) is -2.51. The number of benzene rings is 2. The molecule has 1 aromatic heterocycles. The highest BCUT2D eigenvalue weighted by Crippen LogP contribution is 2.53. The smallest absolute Gasteiger partial charge is 0.264 e. The van der Waals surface area contributed by atoms with Crippen LogP contribution in [-0.4, -0.2) is 26.4 Å². The number of hydrogen-bond donors (Lipinski definition) is 1. The molecule has 3 aromatic rings. The maximum atomic E-state index is 13.3. The standard InChI is InChI=1S/C23H24N2O4S/c1-14-8-11-19(29-4)21(16(14)3)23(12-13-23)22(26)25-30(27,28)20-7-5-6-18-17(20)10-9-15(2)24-18/h5-11H,12-13H2,1-4H3,(H,25,26). The van der Waals surface area contributed by atoms with E-state index in [0.29, 0.717) is 29.5 Å². The predicted molar refractivity (Wildman–Crippen MR) is 115 cm³/mol. The molecule has 1 amide bonds. The zero-order valence-electron chi connectivity index (χ0n) is 17.4. The van der Waals surface area contributed by atoms with Gasteiger partial charge in [0.15, 0.2) is 0 Å². The van der Waals surface area contributed by atoms with Gasteiger partial charge in [0.1, 0.15) is 5.75 Å². The Bertz CT molecular complexity index is 1280. The molecule has 0 radical (unpaired) electrons. The molecule has 30 heavy (non-hydrogen) atoms. The maximum Gasteiger partial charge on any atom is 0.264 e. The molecule has 0 atom stereocenters. The van der Waals surface area contributed by atoms with E-state index in [1.54, 1.807) is 31.4 Å². The minimum absolute atomic E-state index is 0.0459. The Balaban J connectivity index is 1.74. The average Bonchev–Trinajstić information content (AvgIpc) is 3.50. The van der Waals surface area contributed by atoms with E-state index in [0.717, 1.165) is 22.4 Å². The number of amides is 1. The normalized spacial score (nSPS) is 15.1. The zero-order chi connectivity index (χ0) is 21.7. The van der Waals surface area contributed by atoms with Gasteiger partial charge in [-0.15, -0.1) is 0 Å². The average molecular weight is 425 g/mol. The number of nitrogens with one attached hydrogen (secondary N) is 1. The number of methoxy groups -OCH3 is 1. The van der Waals surface area contributed by atoms with Crippen molar-refractivity contribution >= 4 is 26.8 Å². The second kappa shape index (κ2) is 7.09. The first-order valence-electron chi connectivity index (χ1n) is 9.78. The van der Waals surface area contributed by atoms with Crippen molar-refractivity contribution < 1.29 is 17.9 Å². The fourth-order valence-electron chi connectivity index (χ4n) is 4.01. The molecule has 1 aliphatic carbocycles. The summed E-state index contributed by atoms with van der Waals surface area (Å²) in [6, 6.07) is 12.1. The molecule has 0 bridgehead atoms. The van der Waals surface area contributed by atoms with Crippen LogP contribution in [0.15, 0.2) is 47.4 Å². The Labute approximate surface area is 176 Å². The molecule has 4 rings (SSSR count). The highest BCUT2D eigenvalue weighted by Gasteiger charge is 2.54. The third-order valence-electron chi connectivity index (χ3n) is 5.93. The molecular formula is C23H24N2O4S. The summed E-state index contributed by atoms with van der Waals surface area (Å²) in [4.78, 5) is 17.7. The van der Waals surface area contributed by atoms with Gasteiger partial charge in [0.25, 0.3) is 10.0 Å². The van der Waals surface area contributed by atoms with Crippen molar-refractivity contribution in [3.63, 3.8) is 0 Å². The van der Waals surface area contributed by atoms with Crippen LogP contribution in [0.25, 0.3) is 10.9 Å². The number of carbonyl (C=O) groups excluding carboxylic acids is 1. The van der Waals surface area contributed by atoms with Crippen LogP contribution >= 0.6 is 0 Å². The molecule has 1 heterocycles. The number of pyridine rings is 1. The van der Waals surface area contributed by atoms with Gasteiger partial charge < -0.3 is 4.74 Å². The SMILES string of the molecule is COc1ccc(C)c(C)c1C1(C(=O)NS(=O)(=O)c2cccc3nc(C)ccc23)CC1. The highest BCUT2D eigenvalue weighted by molar-refractivity contribution is 7.90. The first-order valence-corrected chi connectivity index (χ1v) is 11.3. The Morgan fingerprint density at radius 2 is 1.80 bits per heavy atom. The second-order valence-corrected chi connectivity index (χ2v) is 9.53. The minimum Gasteiger partial charge on any atom is -0.496 e. The van der Waals surface area contributed by atoms with Crippen LogP contribution in [-0.2, 0) is 20.2 Å². The number of carbonyl (C=O) groups is 1. The van der Waals surface area contributed by atoms with E-state index in [1.165, 1.54) is 6.07 Å². The van der Waals surface area contributed by atoms with Crippen molar-refractivity contribution in [2.75, 3.05) is 7.11 Å². The topological polar surface area (TPSA) is 85.4 Å². The monoisotopic (exact) mass is 424 g/mol. The predicted octanol–water partition coefficient (Wildman–Crippen LogP) is 3.71. The lowest BCUT2D eigenvalue weighted by Crippen LogP contribution is -2.39. The maximum absolute atomic E-state index is 13.3. The summed E-state index contributed by atoms with van der Waals surface area (Å²) < 4.78 is 34.2. The van der Waals surface area contributed by atoms with Crippen molar-refractivity contribution in [1.82, 2.24) is 9.71 Å². The van der Waals surface area contributed by atoms with Crippen molar-refractivity contribution in [1.29, 1.82) is 0 Å².